The van der Waals surface area contributed by atoms with Crippen LogP contribution in [0.15, 0.2) is 51.7 Å². The van der Waals surface area contributed by atoms with Crippen molar-refractivity contribution in [2.75, 3.05) is 6.61 Å². The molecule has 1 unspecified atom stereocenters. The van der Waals surface area contributed by atoms with E-state index in [0.717, 1.165) is 16.5 Å². The third-order valence-corrected chi connectivity index (χ3v) is 5.07. The van der Waals surface area contributed by atoms with Gasteiger partial charge in [-0.15, -0.1) is 0 Å². The fraction of sp³-hybridized carbons (Fsp3) is 0.333. The van der Waals surface area contributed by atoms with Crippen molar-refractivity contribution in [3.05, 3.63) is 75.1 Å². The van der Waals surface area contributed by atoms with Crippen LogP contribution in [0.2, 0.25) is 0 Å². The zero-order valence-corrected chi connectivity index (χ0v) is 17.3. The van der Waals surface area contributed by atoms with Gasteiger partial charge < -0.3 is 13.9 Å². The van der Waals surface area contributed by atoms with Crippen molar-refractivity contribution in [1.29, 1.82) is 0 Å². The Morgan fingerprint density at radius 3 is 2.41 bits per heavy atom. The number of hydrogen-bond donors (Lipinski definition) is 0. The molecule has 0 aliphatic carbocycles. The highest BCUT2D eigenvalue weighted by Crippen LogP contribution is 2.31. The van der Waals surface area contributed by atoms with Gasteiger partial charge in [-0.1, -0.05) is 37.3 Å². The SMILES string of the molecule is CCOC(=O)C(CC)Oc1ccc2c(C)c(Cc3ccccc3)c(=O)oc2c1C. The largest absolute Gasteiger partial charge is 0.478 e. The molecule has 0 amide bonds. The Kier molecular flexibility index (Phi) is 6.37. The van der Waals surface area contributed by atoms with Gasteiger partial charge >= 0.3 is 11.6 Å². The quantitative estimate of drug-likeness (QED) is 0.428. The lowest BCUT2D eigenvalue weighted by Crippen LogP contribution is -2.29. The van der Waals surface area contributed by atoms with Gasteiger partial charge in [0.1, 0.15) is 11.3 Å². The second kappa shape index (κ2) is 8.95. The molecule has 2 aromatic carbocycles. The fourth-order valence-electron chi connectivity index (χ4n) is 3.39. The van der Waals surface area contributed by atoms with Gasteiger partial charge in [0.05, 0.1) is 6.61 Å². The van der Waals surface area contributed by atoms with Crippen LogP contribution in [0.3, 0.4) is 0 Å². The second-order valence-corrected chi connectivity index (χ2v) is 6.99. The molecule has 0 saturated carbocycles. The number of hydrogen-bond acceptors (Lipinski definition) is 5. The lowest BCUT2D eigenvalue weighted by Gasteiger charge is -2.18. The van der Waals surface area contributed by atoms with E-state index in [0.29, 0.717) is 41.9 Å². The Morgan fingerprint density at radius 2 is 1.76 bits per heavy atom. The molecule has 1 atom stereocenters. The van der Waals surface area contributed by atoms with Crippen molar-refractivity contribution in [2.45, 2.75) is 46.6 Å². The molecule has 5 heteroatoms. The summed E-state index contributed by atoms with van der Waals surface area (Å²) in [5, 5.41) is 0.865. The van der Waals surface area contributed by atoms with E-state index >= 15 is 0 Å². The molecule has 0 radical (unpaired) electrons. The summed E-state index contributed by atoms with van der Waals surface area (Å²) in [6.07, 6.45) is 0.300. The molecule has 0 aliphatic rings. The molecule has 0 N–H and O–H groups in total. The molecular weight excluding hydrogens is 368 g/mol. The Labute approximate surface area is 170 Å². The molecule has 5 nitrogen and oxygen atoms in total. The summed E-state index contributed by atoms with van der Waals surface area (Å²) in [5.74, 6) is 0.112. The highest BCUT2D eigenvalue weighted by Gasteiger charge is 2.22. The van der Waals surface area contributed by atoms with E-state index in [1.165, 1.54) is 0 Å². The third kappa shape index (κ3) is 4.34. The van der Waals surface area contributed by atoms with Crippen LogP contribution in [0, 0.1) is 13.8 Å². The van der Waals surface area contributed by atoms with Crippen molar-refractivity contribution in [2.24, 2.45) is 0 Å². The van der Waals surface area contributed by atoms with Crippen molar-refractivity contribution in [1.82, 2.24) is 0 Å². The average molecular weight is 394 g/mol. The summed E-state index contributed by atoms with van der Waals surface area (Å²) in [4.78, 5) is 24.8. The summed E-state index contributed by atoms with van der Waals surface area (Å²) >= 11 is 0. The van der Waals surface area contributed by atoms with Crippen molar-refractivity contribution >= 4 is 16.9 Å². The smallest absolute Gasteiger partial charge is 0.347 e. The van der Waals surface area contributed by atoms with Gasteiger partial charge in [0.2, 0.25) is 0 Å². The molecule has 3 aromatic rings. The van der Waals surface area contributed by atoms with E-state index in [9.17, 15) is 9.59 Å². The van der Waals surface area contributed by atoms with E-state index in [2.05, 4.69) is 0 Å². The van der Waals surface area contributed by atoms with Gasteiger partial charge in [-0.05, 0) is 50.5 Å². The van der Waals surface area contributed by atoms with Gasteiger partial charge in [-0.2, -0.15) is 0 Å². The van der Waals surface area contributed by atoms with Crippen LogP contribution in [-0.2, 0) is 16.0 Å². The normalized spacial score (nSPS) is 12.0. The Balaban J connectivity index is 2.00. The standard InChI is InChI=1S/C24H26O5/c1-5-20(24(26)27-6-2)28-21-13-12-18-15(3)19(14-17-10-8-7-9-11-17)23(25)29-22(18)16(21)4/h7-13,20H,5-6,14H2,1-4H3. The third-order valence-electron chi connectivity index (χ3n) is 5.07. The predicted molar refractivity (Wildman–Crippen MR) is 113 cm³/mol. The molecular formula is C24H26O5. The van der Waals surface area contributed by atoms with Crippen LogP contribution in [0.1, 0.15) is 42.5 Å². The number of fused-ring (bicyclic) bond motifs is 1. The number of esters is 1. The van der Waals surface area contributed by atoms with Crippen molar-refractivity contribution < 1.29 is 18.7 Å². The second-order valence-electron chi connectivity index (χ2n) is 6.99. The van der Waals surface area contributed by atoms with Crippen LogP contribution in [-0.4, -0.2) is 18.7 Å². The van der Waals surface area contributed by atoms with Crippen LogP contribution < -0.4 is 10.4 Å². The minimum atomic E-state index is -0.698. The molecule has 0 spiro atoms. The van der Waals surface area contributed by atoms with Gasteiger partial charge in [0.25, 0.3) is 0 Å². The highest BCUT2D eigenvalue weighted by atomic mass is 16.6. The summed E-state index contributed by atoms with van der Waals surface area (Å²) in [6, 6.07) is 13.5. The van der Waals surface area contributed by atoms with Gasteiger partial charge in [0, 0.05) is 22.9 Å². The predicted octanol–water partition coefficient (Wildman–Crippen LogP) is 4.72. The van der Waals surface area contributed by atoms with E-state index in [1.807, 2.05) is 63.2 Å². The zero-order valence-electron chi connectivity index (χ0n) is 17.3. The molecule has 0 saturated heterocycles. The number of carbonyl (C=O) groups excluding carboxylic acids is 1. The van der Waals surface area contributed by atoms with Crippen molar-refractivity contribution in [3.63, 3.8) is 0 Å². The van der Waals surface area contributed by atoms with E-state index in [4.69, 9.17) is 13.9 Å². The maximum absolute atomic E-state index is 12.7. The molecule has 152 valence electrons. The van der Waals surface area contributed by atoms with E-state index < -0.39 is 12.1 Å². The van der Waals surface area contributed by atoms with E-state index in [1.54, 1.807) is 6.92 Å². The first kappa shape index (κ1) is 20.6. The number of ether oxygens (including phenoxy) is 2. The number of carbonyl (C=O) groups is 1. The monoisotopic (exact) mass is 394 g/mol. The Bertz CT molecular complexity index is 1070. The number of benzene rings is 2. The molecule has 1 heterocycles. The van der Waals surface area contributed by atoms with E-state index in [-0.39, 0.29) is 5.63 Å². The minimum Gasteiger partial charge on any atom is -0.478 e. The molecule has 0 fully saturated rings. The number of aryl methyl sites for hydroxylation is 2. The Hall–Kier alpha value is -3.08. The molecule has 1 aromatic heterocycles. The molecule has 3 rings (SSSR count). The van der Waals surface area contributed by atoms with Crippen LogP contribution in [0.5, 0.6) is 5.75 Å². The zero-order chi connectivity index (χ0) is 21.0. The molecule has 29 heavy (non-hydrogen) atoms. The highest BCUT2D eigenvalue weighted by molar-refractivity contribution is 5.86. The van der Waals surface area contributed by atoms with Crippen LogP contribution in [0.25, 0.3) is 11.0 Å². The topological polar surface area (TPSA) is 65.7 Å². The first-order valence-electron chi connectivity index (χ1n) is 9.89. The van der Waals surface area contributed by atoms with Gasteiger partial charge in [0.15, 0.2) is 6.10 Å². The summed E-state index contributed by atoms with van der Waals surface area (Å²) in [6.45, 7) is 7.68. The first-order valence-corrected chi connectivity index (χ1v) is 9.89. The maximum atomic E-state index is 12.7. The maximum Gasteiger partial charge on any atom is 0.347 e. The minimum absolute atomic E-state index is 0.299. The molecule has 0 bridgehead atoms. The van der Waals surface area contributed by atoms with Crippen LogP contribution >= 0.6 is 0 Å². The first-order chi connectivity index (χ1) is 14.0. The van der Waals surface area contributed by atoms with Crippen molar-refractivity contribution in [3.8, 4) is 5.75 Å². The number of rotatable bonds is 7. The summed E-state index contributed by atoms with van der Waals surface area (Å²) < 4.78 is 16.6. The Morgan fingerprint density at radius 1 is 1.03 bits per heavy atom. The lowest BCUT2D eigenvalue weighted by atomic mass is 9.98. The lowest BCUT2D eigenvalue weighted by molar-refractivity contribution is -0.151. The summed E-state index contributed by atoms with van der Waals surface area (Å²) in [5.41, 5.74) is 3.43. The van der Waals surface area contributed by atoms with Gasteiger partial charge in [-0.3, -0.25) is 0 Å². The van der Waals surface area contributed by atoms with Gasteiger partial charge in [-0.25, -0.2) is 9.59 Å². The fourth-order valence-corrected chi connectivity index (χ4v) is 3.39. The van der Waals surface area contributed by atoms with Crippen LogP contribution in [0.4, 0.5) is 0 Å². The summed E-state index contributed by atoms with van der Waals surface area (Å²) in [7, 11) is 0. The molecule has 0 aliphatic heterocycles. The average Bonchev–Trinajstić information content (AvgIpc) is 2.72.